The van der Waals surface area contributed by atoms with Crippen LogP contribution in [0.5, 0.6) is 0 Å². The van der Waals surface area contributed by atoms with Gasteiger partial charge in [-0.2, -0.15) is 0 Å². The number of anilines is 1. The van der Waals surface area contributed by atoms with Crippen LogP contribution in [0, 0.1) is 5.92 Å². The van der Waals surface area contributed by atoms with Crippen LogP contribution in [-0.2, 0) is 27.6 Å². The fourth-order valence-electron chi connectivity index (χ4n) is 3.38. The van der Waals surface area contributed by atoms with E-state index >= 15 is 0 Å². The zero-order valence-corrected chi connectivity index (χ0v) is 15.1. The molecule has 1 aromatic heterocycles. The maximum absolute atomic E-state index is 12.8. The molecule has 3 aliphatic rings. The summed E-state index contributed by atoms with van der Waals surface area (Å²) in [6.07, 6.45) is 7.66. The Morgan fingerprint density at radius 3 is 2.78 bits per heavy atom. The Morgan fingerprint density at radius 2 is 2.04 bits per heavy atom. The molecule has 0 spiro atoms. The summed E-state index contributed by atoms with van der Waals surface area (Å²) in [6.45, 7) is 2.46. The average Bonchev–Trinajstić information content (AvgIpc) is 3.41. The molecule has 0 radical (unpaired) electrons. The number of epoxide rings is 1. The van der Waals surface area contributed by atoms with Gasteiger partial charge in [-0.15, -0.1) is 11.3 Å². The molecule has 2 fully saturated rings. The zero-order valence-electron chi connectivity index (χ0n) is 13.4. The van der Waals surface area contributed by atoms with Crippen LogP contribution in [0.1, 0.15) is 49.5 Å². The molecule has 0 amide bonds. The Bertz CT molecular complexity index is 694. The van der Waals surface area contributed by atoms with Crippen LogP contribution in [0.2, 0.25) is 0 Å². The van der Waals surface area contributed by atoms with E-state index in [9.17, 15) is 8.42 Å². The van der Waals surface area contributed by atoms with Crippen LogP contribution < -0.4 is 10.0 Å². The second-order valence-corrected chi connectivity index (χ2v) is 9.58. The van der Waals surface area contributed by atoms with Crippen molar-refractivity contribution >= 4 is 26.4 Å². The van der Waals surface area contributed by atoms with Crippen molar-refractivity contribution in [3.63, 3.8) is 0 Å². The van der Waals surface area contributed by atoms with Gasteiger partial charge in [0.25, 0.3) is 0 Å². The van der Waals surface area contributed by atoms with Crippen molar-refractivity contribution in [2.45, 2.75) is 69.1 Å². The van der Waals surface area contributed by atoms with Crippen molar-refractivity contribution in [2.24, 2.45) is 5.92 Å². The summed E-state index contributed by atoms with van der Waals surface area (Å²) in [5.41, 5.74) is 1.04. The first kappa shape index (κ1) is 15.9. The maximum atomic E-state index is 12.8. The highest BCUT2D eigenvalue weighted by Crippen LogP contribution is 2.47. The third-order valence-corrected chi connectivity index (χ3v) is 7.74. The Balaban J connectivity index is 1.63. The molecule has 1 aromatic rings. The molecule has 128 valence electrons. The van der Waals surface area contributed by atoms with E-state index in [4.69, 9.17) is 4.74 Å². The summed E-state index contributed by atoms with van der Waals surface area (Å²) < 4.78 is 34.0. The van der Waals surface area contributed by atoms with Gasteiger partial charge in [-0.3, -0.25) is 0 Å². The number of sulfonamides is 1. The molecule has 23 heavy (non-hydrogen) atoms. The third-order valence-electron chi connectivity index (χ3n) is 4.82. The van der Waals surface area contributed by atoms with Crippen molar-refractivity contribution < 1.29 is 13.2 Å². The molecule has 7 heteroatoms. The molecule has 0 aromatic carbocycles. The number of rotatable bonds is 7. The van der Waals surface area contributed by atoms with Crippen LogP contribution in [-0.4, -0.2) is 27.3 Å². The second-order valence-electron chi connectivity index (χ2n) is 6.77. The molecule has 1 saturated heterocycles. The van der Waals surface area contributed by atoms with Crippen LogP contribution in [0.3, 0.4) is 0 Å². The zero-order chi connectivity index (χ0) is 16.0. The number of aryl methyl sites for hydroxylation is 1. The van der Waals surface area contributed by atoms with Gasteiger partial charge in [0.1, 0.15) is 16.0 Å². The Hall–Kier alpha value is -0.630. The minimum absolute atomic E-state index is 0.00253. The average molecular weight is 357 g/mol. The summed E-state index contributed by atoms with van der Waals surface area (Å²) >= 11 is 1.61. The third kappa shape index (κ3) is 3.16. The van der Waals surface area contributed by atoms with Crippen molar-refractivity contribution in [3.05, 3.63) is 10.4 Å². The standard InChI is InChI=1S/C16H24N2O3S2/c1-2-9-17-23(19,20)14-11-5-3-4-6-12(11)22-16(14)18-15-13(21-15)10-7-8-10/h10,13,15,17-18H,2-9H2,1H3. The van der Waals surface area contributed by atoms with Gasteiger partial charge >= 0.3 is 0 Å². The number of thiophene rings is 1. The molecule has 2 unspecified atom stereocenters. The highest BCUT2D eigenvalue weighted by Gasteiger charge is 2.50. The predicted molar refractivity (Wildman–Crippen MR) is 91.4 cm³/mol. The lowest BCUT2D eigenvalue weighted by Crippen LogP contribution is -2.26. The molecule has 2 aliphatic carbocycles. The quantitative estimate of drug-likeness (QED) is 0.737. The van der Waals surface area contributed by atoms with Gasteiger partial charge in [0, 0.05) is 11.4 Å². The fourth-order valence-corrected chi connectivity index (χ4v) is 6.58. The van der Waals surface area contributed by atoms with Crippen molar-refractivity contribution in [1.82, 2.24) is 4.72 Å². The Morgan fingerprint density at radius 1 is 1.26 bits per heavy atom. The first-order chi connectivity index (χ1) is 11.1. The molecule has 0 bridgehead atoms. The van der Waals surface area contributed by atoms with E-state index in [1.807, 2.05) is 6.92 Å². The molecular weight excluding hydrogens is 332 g/mol. The van der Waals surface area contributed by atoms with Gasteiger partial charge in [-0.1, -0.05) is 6.92 Å². The van der Waals surface area contributed by atoms with Gasteiger partial charge in [0.2, 0.25) is 10.0 Å². The lowest BCUT2D eigenvalue weighted by atomic mass is 9.99. The highest BCUT2D eigenvalue weighted by molar-refractivity contribution is 7.90. The summed E-state index contributed by atoms with van der Waals surface area (Å²) in [5, 5.41) is 4.16. The van der Waals surface area contributed by atoms with Crippen LogP contribution >= 0.6 is 11.3 Å². The van der Waals surface area contributed by atoms with E-state index in [-0.39, 0.29) is 12.3 Å². The summed E-state index contributed by atoms with van der Waals surface area (Å²) in [7, 11) is -3.45. The lowest BCUT2D eigenvalue weighted by Gasteiger charge is -2.14. The summed E-state index contributed by atoms with van der Waals surface area (Å²) in [5.74, 6) is 0.681. The molecule has 2 atom stereocenters. The van der Waals surface area contributed by atoms with Crippen molar-refractivity contribution in [2.75, 3.05) is 11.9 Å². The van der Waals surface area contributed by atoms with Crippen LogP contribution in [0.25, 0.3) is 0 Å². The first-order valence-electron chi connectivity index (χ1n) is 8.66. The minimum atomic E-state index is -3.45. The SMILES string of the molecule is CCCNS(=O)(=O)c1c(NC2OC2C2CC2)sc2c1CCCC2. The van der Waals surface area contributed by atoms with E-state index in [1.165, 1.54) is 17.7 Å². The molecule has 2 N–H and O–H groups in total. The van der Waals surface area contributed by atoms with Gasteiger partial charge in [-0.25, -0.2) is 13.1 Å². The Labute approximate surface area is 141 Å². The van der Waals surface area contributed by atoms with Crippen molar-refractivity contribution in [1.29, 1.82) is 0 Å². The fraction of sp³-hybridized carbons (Fsp3) is 0.750. The maximum Gasteiger partial charge on any atom is 0.243 e. The van der Waals surface area contributed by atoms with Gasteiger partial charge in [-0.05, 0) is 56.4 Å². The highest BCUT2D eigenvalue weighted by atomic mass is 32.2. The molecule has 4 rings (SSSR count). The minimum Gasteiger partial charge on any atom is -0.349 e. The normalized spacial score (nSPS) is 26.8. The number of fused-ring (bicyclic) bond motifs is 1. The van der Waals surface area contributed by atoms with Gasteiger partial charge < -0.3 is 10.1 Å². The topological polar surface area (TPSA) is 70.7 Å². The number of hydrogen-bond acceptors (Lipinski definition) is 5. The van der Waals surface area contributed by atoms with E-state index < -0.39 is 10.0 Å². The number of ether oxygens (including phenoxy) is 1. The summed E-state index contributed by atoms with van der Waals surface area (Å²) in [6, 6.07) is 0. The number of hydrogen-bond donors (Lipinski definition) is 2. The van der Waals surface area contributed by atoms with E-state index in [0.717, 1.165) is 42.7 Å². The molecule has 5 nitrogen and oxygen atoms in total. The smallest absolute Gasteiger partial charge is 0.243 e. The summed E-state index contributed by atoms with van der Waals surface area (Å²) in [4.78, 5) is 1.73. The van der Waals surface area contributed by atoms with Gasteiger partial charge in [0.15, 0.2) is 6.23 Å². The second kappa shape index (κ2) is 6.02. The largest absolute Gasteiger partial charge is 0.349 e. The van der Waals surface area contributed by atoms with Crippen LogP contribution in [0.4, 0.5) is 5.00 Å². The van der Waals surface area contributed by atoms with E-state index in [2.05, 4.69) is 10.0 Å². The lowest BCUT2D eigenvalue weighted by molar-refractivity contribution is 0.366. The molecule has 2 heterocycles. The van der Waals surface area contributed by atoms with E-state index in [0.29, 0.717) is 17.4 Å². The van der Waals surface area contributed by atoms with Gasteiger partial charge in [0.05, 0.1) is 0 Å². The Kier molecular flexibility index (Phi) is 4.16. The monoisotopic (exact) mass is 356 g/mol. The first-order valence-corrected chi connectivity index (χ1v) is 11.0. The molecular formula is C16H24N2O3S2. The van der Waals surface area contributed by atoms with E-state index in [1.54, 1.807) is 11.3 Å². The van der Waals surface area contributed by atoms with Crippen molar-refractivity contribution in [3.8, 4) is 0 Å². The molecule has 1 aliphatic heterocycles. The number of nitrogens with one attached hydrogen (secondary N) is 2. The van der Waals surface area contributed by atoms with Crippen LogP contribution in [0.15, 0.2) is 4.90 Å². The molecule has 1 saturated carbocycles. The predicted octanol–water partition coefficient (Wildman–Crippen LogP) is 2.86.